The molecule has 1 aliphatic carbocycles. The van der Waals surface area contributed by atoms with Crippen molar-refractivity contribution in [3.8, 4) is 0 Å². The highest BCUT2D eigenvalue weighted by Crippen LogP contribution is 2.34. The van der Waals surface area contributed by atoms with E-state index in [-0.39, 0.29) is 23.3 Å². The average Bonchev–Trinajstić information content (AvgIpc) is 3.16. The maximum absolute atomic E-state index is 12.7. The monoisotopic (exact) mass is 316 g/mol. The molecule has 0 radical (unpaired) electrons. The van der Waals surface area contributed by atoms with Gasteiger partial charge < -0.3 is 9.80 Å². The zero-order valence-corrected chi connectivity index (χ0v) is 13.4. The molecular weight excluding hydrogens is 296 g/mol. The number of hydrogen-bond acceptors (Lipinski definition) is 4. The molecule has 1 aromatic heterocycles. The molecule has 2 aliphatic heterocycles. The summed E-state index contributed by atoms with van der Waals surface area (Å²) < 4.78 is 1.51. The maximum atomic E-state index is 12.7. The molecule has 0 spiro atoms. The normalized spacial score (nSPS) is 23.6. The summed E-state index contributed by atoms with van der Waals surface area (Å²) in [6.45, 7) is 3.00. The van der Waals surface area contributed by atoms with Crippen LogP contribution in [0.3, 0.4) is 0 Å². The zero-order valence-electron chi connectivity index (χ0n) is 13.4. The van der Waals surface area contributed by atoms with Crippen LogP contribution in [0.25, 0.3) is 0 Å². The first-order chi connectivity index (χ1) is 11.0. The van der Waals surface area contributed by atoms with E-state index < -0.39 is 0 Å². The largest absolute Gasteiger partial charge is 0.339 e. The lowest BCUT2D eigenvalue weighted by atomic mass is 10.1. The fourth-order valence-corrected chi connectivity index (χ4v) is 3.58. The molecule has 3 heterocycles. The van der Waals surface area contributed by atoms with E-state index in [0.717, 1.165) is 12.8 Å². The molecule has 1 atom stereocenters. The van der Waals surface area contributed by atoms with Gasteiger partial charge in [0, 0.05) is 26.1 Å². The second-order valence-corrected chi connectivity index (χ2v) is 6.82. The van der Waals surface area contributed by atoms with E-state index in [4.69, 9.17) is 0 Å². The number of carbonyl (C=O) groups is 2. The predicted molar refractivity (Wildman–Crippen MR) is 81.3 cm³/mol. The van der Waals surface area contributed by atoms with Crippen molar-refractivity contribution in [2.45, 2.75) is 45.3 Å². The van der Waals surface area contributed by atoms with Gasteiger partial charge in [-0.15, -0.1) is 0 Å². The molecule has 1 saturated heterocycles. The van der Waals surface area contributed by atoms with Crippen molar-refractivity contribution in [1.82, 2.24) is 19.4 Å². The Morgan fingerprint density at radius 3 is 2.65 bits per heavy atom. The Balaban J connectivity index is 1.52. The lowest BCUT2D eigenvalue weighted by Crippen LogP contribution is -2.35. The van der Waals surface area contributed by atoms with Gasteiger partial charge in [0.1, 0.15) is 5.82 Å². The molecule has 122 valence electrons. The molecule has 4 rings (SSSR count). The fraction of sp³-hybridized carbons (Fsp3) is 0.625. The zero-order chi connectivity index (χ0) is 16.3. The SMILES string of the molecule is Cc1nc2c(c(=O)n1C)CN(C(=O)[C@@H]1CC(=O)N(C3CC3)C1)C2. The van der Waals surface area contributed by atoms with Gasteiger partial charge in [0.25, 0.3) is 5.56 Å². The van der Waals surface area contributed by atoms with E-state index in [9.17, 15) is 14.4 Å². The summed E-state index contributed by atoms with van der Waals surface area (Å²) in [5.41, 5.74) is 1.22. The van der Waals surface area contributed by atoms with E-state index in [1.54, 1.807) is 18.9 Å². The van der Waals surface area contributed by atoms with Crippen LogP contribution in [0.15, 0.2) is 4.79 Å². The summed E-state index contributed by atoms with van der Waals surface area (Å²) in [7, 11) is 1.69. The third-order valence-electron chi connectivity index (χ3n) is 5.19. The Kier molecular flexibility index (Phi) is 3.08. The minimum Gasteiger partial charge on any atom is -0.339 e. The molecular formula is C16H20N4O3. The summed E-state index contributed by atoms with van der Waals surface area (Å²) in [4.78, 5) is 45.0. The van der Waals surface area contributed by atoms with Gasteiger partial charge >= 0.3 is 0 Å². The van der Waals surface area contributed by atoms with E-state index in [1.165, 1.54) is 4.57 Å². The Bertz CT molecular complexity index is 765. The molecule has 1 saturated carbocycles. The number of hydrogen-bond donors (Lipinski definition) is 0. The third kappa shape index (κ3) is 2.26. The van der Waals surface area contributed by atoms with Gasteiger partial charge in [-0.25, -0.2) is 4.98 Å². The van der Waals surface area contributed by atoms with Crippen LogP contribution >= 0.6 is 0 Å². The smallest absolute Gasteiger partial charge is 0.258 e. The van der Waals surface area contributed by atoms with Crippen molar-refractivity contribution >= 4 is 11.8 Å². The summed E-state index contributed by atoms with van der Waals surface area (Å²) in [6.07, 6.45) is 2.41. The number of aromatic nitrogens is 2. The molecule has 2 amide bonds. The van der Waals surface area contributed by atoms with Crippen molar-refractivity contribution in [3.63, 3.8) is 0 Å². The topological polar surface area (TPSA) is 75.5 Å². The van der Waals surface area contributed by atoms with Gasteiger partial charge in [-0.2, -0.15) is 0 Å². The summed E-state index contributed by atoms with van der Waals surface area (Å²) in [5, 5.41) is 0. The molecule has 0 aromatic carbocycles. The van der Waals surface area contributed by atoms with Gasteiger partial charge in [-0.05, 0) is 19.8 Å². The molecule has 3 aliphatic rings. The summed E-state index contributed by atoms with van der Waals surface area (Å²) >= 11 is 0. The molecule has 0 N–H and O–H groups in total. The molecule has 0 bridgehead atoms. The molecule has 0 unspecified atom stereocenters. The van der Waals surface area contributed by atoms with E-state index in [2.05, 4.69) is 4.98 Å². The third-order valence-corrected chi connectivity index (χ3v) is 5.19. The lowest BCUT2D eigenvalue weighted by Gasteiger charge is -2.20. The van der Waals surface area contributed by atoms with Crippen molar-refractivity contribution in [3.05, 3.63) is 27.4 Å². The quantitative estimate of drug-likeness (QED) is 0.766. The highest BCUT2D eigenvalue weighted by atomic mass is 16.2. The van der Waals surface area contributed by atoms with Crippen molar-refractivity contribution in [1.29, 1.82) is 0 Å². The van der Waals surface area contributed by atoms with Crippen LogP contribution in [0.5, 0.6) is 0 Å². The second-order valence-electron chi connectivity index (χ2n) is 6.82. The second kappa shape index (κ2) is 4.91. The van der Waals surface area contributed by atoms with Crippen molar-refractivity contribution in [2.75, 3.05) is 6.54 Å². The Morgan fingerprint density at radius 1 is 1.22 bits per heavy atom. The number of fused-ring (bicyclic) bond motifs is 1. The van der Waals surface area contributed by atoms with Gasteiger partial charge in [0.2, 0.25) is 11.8 Å². The van der Waals surface area contributed by atoms with Crippen LogP contribution in [0.2, 0.25) is 0 Å². The number of carbonyl (C=O) groups excluding carboxylic acids is 2. The summed E-state index contributed by atoms with van der Waals surface area (Å²) in [6, 6.07) is 0.354. The summed E-state index contributed by atoms with van der Waals surface area (Å²) in [5.74, 6) is 0.438. The average molecular weight is 316 g/mol. The van der Waals surface area contributed by atoms with Gasteiger partial charge in [0.15, 0.2) is 0 Å². The molecule has 2 fully saturated rings. The number of amides is 2. The molecule has 7 heteroatoms. The first-order valence-electron chi connectivity index (χ1n) is 8.09. The number of aryl methyl sites for hydroxylation is 1. The number of nitrogens with zero attached hydrogens (tertiary/aromatic N) is 4. The van der Waals surface area contributed by atoms with Crippen LogP contribution < -0.4 is 5.56 Å². The highest BCUT2D eigenvalue weighted by Gasteiger charge is 2.43. The van der Waals surface area contributed by atoms with Crippen LogP contribution in [-0.2, 0) is 29.7 Å². The van der Waals surface area contributed by atoms with Crippen LogP contribution in [0.1, 0.15) is 36.3 Å². The van der Waals surface area contributed by atoms with Crippen LogP contribution in [-0.4, -0.2) is 43.8 Å². The van der Waals surface area contributed by atoms with Crippen LogP contribution in [0, 0.1) is 12.8 Å². The fourth-order valence-electron chi connectivity index (χ4n) is 3.58. The molecule has 7 nitrogen and oxygen atoms in total. The molecule has 23 heavy (non-hydrogen) atoms. The Morgan fingerprint density at radius 2 is 1.96 bits per heavy atom. The van der Waals surface area contributed by atoms with Gasteiger partial charge in [-0.1, -0.05) is 0 Å². The number of rotatable bonds is 2. The standard InChI is InChI=1S/C16H20N4O3/c1-9-17-13-8-19(7-12(13)16(23)18(9)2)15(22)10-5-14(21)20(6-10)11-3-4-11/h10-11H,3-8H2,1-2H3/t10-/m1/s1. The minimum absolute atomic E-state index is 0.0285. The number of likely N-dealkylation sites (tertiary alicyclic amines) is 1. The van der Waals surface area contributed by atoms with Crippen molar-refractivity contribution in [2.24, 2.45) is 13.0 Å². The van der Waals surface area contributed by atoms with E-state index >= 15 is 0 Å². The minimum atomic E-state index is -0.276. The predicted octanol–water partition coefficient (Wildman–Crippen LogP) is -0.0582. The first-order valence-corrected chi connectivity index (χ1v) is 8.09. The van der Waals surface area contributed by atoms with Crippen LogP contribution in [0.4, 0.5) is 0 Å². The highest BCUT2D eigenvalue weighted by molar-refractivity contribution is 5.89. The maximum Gasteiger partial charge on any atom is 0.258 e. The van der Waals surface area contributed by atoms with Gasteiger partial charge in [-0.3, -0.25) is 19.0 Å². The Hall–Kier alpha value is -2.18. The van der Waals surface area contributed by atoms with Crippen molar-refractivity contribution < 1.29 is 9.59 Å². The Labute approximate surface area is 133 Å². The van der Waals surface area contributed by atoms with E-state index in [1.807, 2.05) is 4.90 Å². The van der Waals surface area contributed by atoms with E-state index in [0.29, 0.717) is 49.2 Å². The first kappa shape index (κ1) is 14.4. The molecule has 1 aromatic rings. The lowest BCUT2D eigenvalue weighted by molar-refractivity contribution is -0.136. The van der Waals surface area contributed by atoms with Gasteiger partial charge in [0.05, 0.1) is 30.3 Å².